The minimum absolute atomic E-state index is 0.159. The third-order valence-corrected chi connectivity index (χ3v) is 4.43. The van der Waals surface area contributed by atoms with Gasteiger partial charge in [-0.2, -0.15) is 0 Å². The standard InChI is InChI=1S/C18H24N6O5/c1-10(25)15(4-13-7-21-9-23-13)24-18(29)11(2-12-6-20-8-22-12)3-16(26)14(19)5-17(27)28/h6-9,11,14-15H,2-5,19H2,1H3,(H,20,22)(H,21,23)(H,24,29)(H,27,28)/t11-,14?,15+/m0/s1. The molecule has 2 aromatic rings. The zero-order valence-electron chi connectivity index (χ0n) is 15.9. The van der Waals surface area contributed by atoms with Crippen molar-refractivity contribution < 1.29 is 24.3 Å². The van der Waals surface area contributed by atoms with Crippen LogP contribution in [0.4, 0.5) is 0 Å². The summed E-state index contributed by atoms with van der Waals surface area (Å²) in [6.45, 7) is 1.36. The molecule has 0 saturated heterocycles. The molecule has 1 amide bonds. The maximum Gasteiger partial charge on any atom is 0.305 e. The Hall–Kier alpha value is -3.34. The number of hydrogen-bond donors (Lipinski definition) is 5. The second-order valence-electron chi connectivity index (χ2n) is 6.81. The Kier molecular flexibility index (Phi) is 7.78. The maximum absolute atomic E-state index is 12.9. The summed E-state index contributed by atoms with van der Waals surface area (Å²) >= 11 is 0. The number of aliphatic carboxylic acids is 1. The molecular weight excluding hydrogens is 380 g/mol. The number of carboxylic acid groups (broad SMARTS) is 1. The van der Waals surface area contributed by atoms with Gasteiger partial charge in [0.2, 0.25) is 5.91 Å². The van der Waals surface area contributed by atoms with E-state index >= 15 is 0 Å². The van der Waals surface area contributed by atoms with Crippen molar-refractivity contribution in [3.8, 4) is 0 Å². The summed E-state index contributed by atoms with van der Waals surface area (Å²) in [6, 6.07) is -2.01. The molecule has 0 aliphatic carbocycles. The predicted octanol–water partition coefficient (Wildman–Crippen LogP) is -0.631. The van der Waals surface area contributed by atoms with Crippen LogP contribution in [0.5, 0.6) is 0 Å². The lowest BCUT2D eigenvalue weighted by Gasteiger charge is -2.21. The fourth-order valence-corrected chi connectivity index (χ4v) is 2.82. The number of nitrogens with two attached hydrogens (primary N) is 1. The van der Waals surface area contributed by atoms with E-state index in [-0.39, 0.29) is 25.0 Å². The number of nitrogens with zero attached hydrogens (tertiary/aromatic N) is 2. The summed E-state index contributed by atoms with van der Waals surface area (Å²) in [7, 11) is 0. The summed E-state index contributed by atoms with van der Waals surface area (Å²) in [5.41, 5.74) is 6.93. The average molecular weight is 404 g/mol. The van der Waals surface area contributed by atoms with Gasteiger partial charge in [0.15, 0.2) is 11.6 Å². The van der Waals surface area contributed by atoms with Crippen LogP contribution >= 0.6 is 0 Å². The van der Waals surface area contributed by atoms with E-state index in [2.05, 4.69) is 25.3 Å². The van der Waals surface area contributed by atoms with Crippen LogP contribution in [0, 0.1) is 5.92 Å². The molecule has 2 rings (SSSR count). The molecule has 0 spiro atoms. The van der Waals surface area contributed by atoms with Gasteiger partial charge in [-0.25, -0.2) is 9.97 Å². The van der Waals surface area contributed by atoms with Crippen molar-refractivity contribution in [2.45, 2.75) is 44.7 Å². The van der Waals surface area contributed by atoms with E-state index in [4.69, 9.17) is 10.8 Å². The molecular formula is C18H24N6O5. The molecule has 29 heavy (non-hydrogen) atoms. The molecule has 0 aromatic carbocycles. The lowest BCUT2D eigenvalue weighted by Crippen LogP contribution is -2.46. The van der Waals surface area contributed by atoms with Crippen LogP contribution in [0.1, 0.15) is 31.2 Å². The molecule has 0 aliphatic rings. The fraction of sp³-hybridized carbons (Fsp3) is 0.444. The first-order valence-electron chi connectivity index (χ1n) is 9.01. The summed E-state index contributed by atoms with van der Waals surface area (Å²) in [4.78, 5) is 61.5. The summed E-state index contributed by atoms with van der Waals surface area (Å²) < 4.78 is 0. The molecule has 0 aliphatic heterocycles. The topological polar surface area (TPSA) is 184 Å². The largest absolute Gasteiger partial charge is 0.481 e. The Labute approximate surface area is 166 Å². The highest BCUT2D eigenvalue weighted by Crippen LogP contribution is 2.14. The number of nitrogens with one attached hydrogen (secondary N) is 3. The molecule has 2 heterocycles. The highest BCUT2D eigenvalue weighted by atomic mass is 16.4. The SMILES string of the molecule is CC(=O)[C@@H](Cc1cnc[nH]1)NC(=O)[C@H](CC(=O)C(N)CC(=O)O)Cc1cnc[nH]1. The Morgan fingerprint density at radius 3 is 2.14 bits per heavy atom. The lowest BCUT2D eigenvalue weighted by atomic mass is 9.92. The van der Waals surface area contributed by atoms with Gasteiger partial charge in [0.05, 0.1) is 37.1 Å². The molecule has 11 heteroatoms. The Morgan fingerprint density at radius 2 is 1.66 bits per heavy atom. The summed E-state index contributed by atoms with van der Waals surface area (Å²) in [5, 5.41) is 11.5. The van der Waals surface area contributed by atoms with Crippen molar-refractivity contribution in [1.29, 1.82) is 0 Å². The molecule has 0 bridgehead atoms. The van der Waals surface area contributed by atoms with Gasteiger partial charge >= 0.3 is 5.97 Å². The molecule has 156 valence electrons. The second-order valence-corrected chi connectivity index (χ2v) is 6.81. The number of Topliss-reactive ketones (excluding diaryl/α,β-unsaturated/α-hetero) is 2. The van der Waals surface area contributed by atoms with Crippen molar-refractivity contribution in [2.24, 2.45) is 11.7 Å². The first kappa shape index (κ1) is 22.0. The number of rotatable bonds is 12. The number of ketones is 2. The van der Waals surface area contributed by atoms with Gasteiger partial charge < -0.3 is 26.1 Å². The van der Waals surface area contributed by atoms with Crippen molar-refractivity contribution in [1.82, 2.24) is 25.3 Å². The van der Waals surface area contributed by atoms with Gasteiger partial charge in [-0.3, -0.25) is 19.2 Å². The van der Waals surface area contributed by atoms with E-state index in [1.54, 1.807) is 6.20 Å². The Morgan fingerprint density at radius 1 is 1.07 bits per heavy atom. The van der Waals surface area contributed by atoms with Gasteiger partial charge in [0.25, 0.3) is 0 Å². The van der Waals surface area contributed by atoms with Crippen LogP contribution in [0.25, 0.3) is 0 Å². The van der Waals surface area contributed by atoms with Crippen molar-refractivity contribution >= 4 is 23.4 Å². The summed E-state index contributed by atoms with van der Waals surface area (Å²) in [6.07, 6.45) is 5.60. The fourth-order valence-electron chi connectivity index (χ4n) is 2.82. The minimum atomic E-state index is -1.21. The zero-order chi connectivity index (χ0) is 21.4. The molecule has 11 nitrogen and oxygen atoms in total. The highest BCUT2D eigenvalue weighted by Gasteiger charge is 2.29. The van der Waals surface area contributed by atoms with E-state index in [0.29, 0.717) is 11.4 Å². The van der Waals surface area contributed by atoms with Crippen LogP contribution in [-0.4, -0.2) is 60.6 Å². The number of carboxylic acids is 1. The van der Waals surface area contributed by atoms with Gasteiger partial charge in [0.1, 0.15) is 0 Å². The first-order valence-corrected chi connectivity index (χ1v) is 9.01. The molecule has 0 fully saturated rings. The van der Waals surface area contributed by atoms with E-state index < -0.39 is 42.1 Å². The van der Waals surface area contributed by atoms with E-state index in [9.17, 15) is 19.2 Å². The Balaban J connectivity index is 2.10. The van der Waals surface area contributed by atoms with E-state index in [1.165, 1.54) is 25.8 Å². The van der Waals surface area contributed by atoms with Gasteiger partial charge in [-0.05, 0) is 6.92 Å². The van der Waals surface area contributed by atoms with Gasteiger partial charge in [-0.15, -0.1) is 0 Å². The highest BCUT2D eigenvalue weighted by molar-refractivity contribution is 5.93. The van der Waals surface area contributed by atoms with Crippen LogP contribution in [0.15, 0.2) is 25.0 Å². The van der Waals surface area contributed by atoms with Gasteiger partial charge in [-0.1, -0.05) is 0 Å². The number of carbonyl (C=O) groups excluding carboxylic acids is 3. The molecule has 2 aromatic heterocycles. The van der Waals surface area contributed by atoms with Crippen molar-refractivity contribution in [3.05, 3.63) is 36.4 Å². The average Bonchev–Trinajstić information content (AvgIpc) is 3.33. The zero-order valence-corrected chi connectivity index (χ0v) is 15.9. The van der Waals surface area contributed by atoms with Crippen LogP contribution in [0.2, 0.25) is 0 Å². The van der Waals surface area contributed by atoms with Crippen LogP contribution in [0.3, 0.4) is 0 Å². The number of carbonyl (C=O) groups is 4. The molecule has 3 atom stereocenters. The second kappa shape index (κ2) is 10.3. The smallest absolute Gasteiger partial charge is 0.305 e. The number of hydrogen-bond acceptors (Lipinski definition) is 7. The van der Waals surface area contributed by atoms with E-state index in [1.807, 2.05) is 0 Å². The molecule has 0 saturated carbocycles. The number of amides is 1. The quantitative estimate of drug-likeness (QED) is 0.309. The van der Waals surface area contributed by atoms with Crippen molar-refractivity contribution in [3.63, 3.8) is 0 Å². The third kappa shape index (κ3) is 6.96. The monoisotopic (exact) mass is 404 g/mol. The lowest BCUT2D eigenvalue weighted by molar-refractivity contribution is -0.139. The number of imidazole rings is 2. The Bertz CT molecular complexity index is 833. The number of H-pyrrole nitrogens is 2. The molecule has 1 unspecified atom stereocenters. The van der Waals surface area contributed by atoms with Crippen molar-refractivity contribution in [2.75, 3.05) is 0 Å². The first-order chi connectivity index (χ1) is 13.8. The van der Waals surface area contributed by atoms with Crippen LogP contribution < -0.4 is 11.1 Å². The minimum Gasteiger partial charge on any atom is -0.481 e. The molecule has 0 radical (unpaired) electrons. The normalized spacial score (nSPS) is 14.0. The number of aromatic amines is 2. The van der Waals surface area contributed by atoms with E-state index in [0.717, 1.165) is 0 Å². The summed E-state index contributed by atoms with van der Waals surface area (Å²) in [5.74, 6) is -3.33. The van der Waals surface area contributed by atoms with Gasteiger partial charge in [0, 0.05) is 43.0 Å². The third-order valence-electron chi connectivity index (χ3n) is 4.43. The maximum atomic E-state index is 12.9. The van der Waals surface area contributed by atoms with Crippen LogP contribution in [-0.2, 0) is 32.0 Å². The number of aromatic nitrogens is 4. The predicted molar refractivity (Wildman–Crippen MR) is 101 cm³/mol. The molecule has 6 N–H and O–H groups in total.